The summed E-state index contributed by atoms with van der Waals surface area (Å²) in [5, 5.41) is 0. The van der Waals surface area contributed by atoms with Gasteiger partial charge in [0.1, 0.15) is 11.2 Å². The van der Waals surface area contributed by atoms with Gasteiger partial charge in [0.05, 0.1) is 17.2 Å². The third kappa shape index (κ3) is 1.91. The van der Waals surface area contributed by atoms with E-state index < -0.39 is 10.0 Å². The predicted molar refractivity (Wildman–Crippen MR) is 66.3 cm³/mol. The van der Waals surface area contributed by atoms with Crippen molar-refractivity contribution in [2.75, 3.05) is 11.4 Å². The normalized spacial score (nSPS) is 16.9. The fourth-order valence-corrected chi connectivity index (χ4v) is 2.64. The number of anilines is 1. The number of rotatable bonds is 2. The number of thiocarbonyl (C=S) groups is 1. The number of para-hydroxylation sites is 1. The summed E-state index contributed by atoms with van der Waals surface area (Å²) in [4.78, 5) is 2.06. The summed E-state index contributed by atoms with van der Waals surface area (Å²) in [6.07, 6.45) is 1.23. The maximum atomic E-state index is 11.6. The summed E-state index contributed by atoms with van der Waals surface area (Å²) in [6.45, 7) is 0.269. The van der Waals surface area contributed by atoms with Crippen molar-refractivity contribution in [1.29, 1.82) is 0 Å². The van der Waals surface area contributed by atoms with Crippen molar-refractivity contribution in [3.63, 3.8) is 0 Å². The van der Waals surface area contributed by atoms with Crippen molar-refractivity contribution in [3.8, 4) is 0 Å². The van der Waals surface area contributed by atoms with Gasteiger partial charge in [-0.3, -0.25) is 0 Å². The highest BCUT2D eigenvalue weighted by Gasteiger charge is 2.24. The molecule has 0 radical (unpaired) electrons. The number of sulfonamides is 1. The van der Waals surface area contributed by atoms with Crippen LogP contribution in [0.3, 0.4) is 0 Å². The molecule has 2 rings (SSSR count). The first-order chi connectivity index (χ1) is 7.50. The van der Waals surface area contributed by atoms with E-state index in [-0.39, 0.29) is 16.4 Å². The van der Waals surface area contributed by atoms with Crippen molar-refractivity contribution < 1.29 is 8.42 Å². The van der Waals surface area contributed by atoms with Gasteiger partial charge in [-0.15, -0.1) is 4.40 Å². The van der Waals surface area contributed by atoms with Crippen LogP contribution in [-0.4, -0.2) is 26.3 Å². The van der Waals surface area contributed by atoms with Crippen LogP contribution >= 0.6 is 12.2 Å². The van der Waals surface area contributed by atoms with Crippen molar-refractivity contribution in [2.45, 2.75) is 4.90 Å². The number of fused-ring (bicyclic) bond motifs is 1. The van der Waals surface area contributed by atoms with E-state index in [2.05, 4.69) is 4.40 Å². The molecule has 0 spiro atoms. The molecule has 2 N–H and O–H groups in total. The minimum Gasteiger partial charge on any atom is -0.392 e. The Labute approximate surface area is 98.6 Å². The molecular weight excluding hydrogens is 246 g/mol. The molecule has 0 saturated carbocycles. The third-order valence-corrected chi connectivity index (χ3v) is 3.51. The lowest BCUT2D eigenvalue weighted by molar-refractivity contribution is 0.597. The first-order valence-electron chi connectivity index (χ1n) is 4.45. The lowest BCUT2D eigenvalue weighted by atomic mass is 10.3. The molecule has 84 valence electrons. The van der Waals surface area contributed by atoms with Crippen LogP contribution in [-0.2, 0) is 10.0 Å². The second-order valence-electron chi connectivity index (χ2n) is 3.26. The van der Waals surface area contributed by atoms with E-state index in [1.807, 2.05) is 0 Å². The second kappa shape index (κ2) is 3.84. The summed E-state index contributed by atoms with van der Waals surface area (Å²) in [5.41, 5.74) is 5.97. The molecule has 16 heavy (non-hydrogen) atoms. The van der Waals surface area contributed by atoms with E-state index in [9.17, 15) is 8.42 Å². The molecule has 0 saturated heterocycles. The summed E-state index contributed by atoms with van der Waals surface area (Å²) < 4.78 is 26.7. The number of nitrogens with two attached hydrogens (primary N) is 1. The number of nitrogens with zero attached hydrogens (tertiary/aromatic N) is 2. The van der Waals surface area contributed by atoms with Gasteiger partial charge in [-0.2, -0.15) is 8.42 Å². The highest BCUT2D eigenvalue weighted by Crippen LogP contribution is 2.28. The SMILES string of the molecule is NC(=S)CN1C=NS(=O)(=O)c2ccccc21. The summed E-state index contributed by atoms with van der Waals surface area (Å²) in [6, 6.07) is 6.60. The van der Waals surface area contributed by atoms with Gasteiger partial charge >= 0.3 is 0 Å². The Morgan fingerprint density at radius 2 is 2.12 bits per heavy atom. The molecule has 0 aromatic heterocycles. The van der Waals surface area contributed by atoms with Gasteiger partial charge in [-0.1, -0.05) is 24.4 Å². The molecule has 0 amide bonds. The second-order valence-corrected chi connectivity index (χ2v) is 5.38. The Hall–Kier alpha value is -1.47. The van der Waals surface area contributed by atoms with Gasteiger partial charge in [-0.05, 0) is 12.1 Å². The van der Waals surface area contributed by atoms with Gasteiger partial charge < -0.3 is 10.6 Å². The topological polar surface area (TPSA) is 75.8 Å². The quantitative estimate of drug-likeness (QED) is 0.779. The molecule has 0 fully saturated rings. The van der Waals surface area contributed by atoms with E-state index >= 15 is 0 Å². The minimum absolute atomic E-state index is 0.175. The molecule has 0 unspecified atom stereocenters. The lowest BCUT2D eigenvalue weighted by Gasteiger charge is -2.24. The first kappa shape index (κ1) is 11.0. The minimum atomic E-state index is -3.57. The number of hydrogen-bond donors (Lipinski definition) is 1. The van der Waals surface area contributed by atoms with Crippen LogP contribution in [0.25, 0.3) is 0 Å². The summed E-state index contributed by atoms with van der Waals surface area (Å²) >= 11 is 4.79. The van der Waals surface area contributed by atoms with E-state index in [1.165, 1.54) is 12.4 Å². The Kier molecular flexibility index (Phi) is 2.64. The predicted octanol–water partition coefficient (Wildman–Crippen LogP) is 0.510. The zero-order chi connectivity index (χ0) is 11.8. The standard InChI is InChI=1S/C9H9N3O2S2/c10-9(15)5-12-6-11-16(13,14)8-4-2-1-3-7(8)12/h1-4,6H,5H2,(H2,10,15). The maximum absolute atomic E-state index is 11.6. The number of hydrogen-bond acceptors (Lipinski definition) is 4. The fraction of sp³-hybridized carbons (Fsp3) is 0.111. The molecule has 0 bridgehead atoms. The van der Waals surface area contributed by atoms with Gasteiger partial charge in [0.2, 0.25) is 0 Å². The average Bonchev–Trinajstić information content (AvgIpc) is 2.23. The molecule has 1 aromatic carbocycles. The summed E-state index contributed by atoms with van der Waals surface area (Å²) in [5.74, 6) is 0. The van der Waals surface area contributed by atoms with Crippen LogP contribution in [0.2, 0.25) is 0 Å². The monoisotopic (exact) mass is 255 g/mol. The van der Waals surface area contributed by atoms with E-state index in [4.69, 9.17) is 18.0 Å². The lowest BCUT2D eigenvalue weighted by Crippen LogP contribution is -2.34. The molecule has 1 heterocycles. The van der Waals surface area contributed by atoms with Crippen LogP contribution in [0.15, 0.2) is 33.6 Å². The Morgan fingerprint density at radius 3 is 2.81 bits per heavy atom. The van der Waals surface area contributed by atoms with Crippen LogP contribution in [0, 0.1) is 0 Å². The Bertz CT molecular complexity index is 566. The molecule has 5 nitrogen and oxygen atoms in total. The maximum Gasteiger partial charge on any atom is 0.285 e. The Morgan fingerprint density at radius 1 is 1.44 bits per heavy atom. The molecule has 1 aliphatic rings. The van der Waals surface area contributed by atoms with Crippen molar-refractivity contribution in [1.82, 2.24) is 0 Å². The molecule has 1 aliphatic heterocycles. The van der Waals surface area contributed by atoms with Gasteiger partial charge in [0.15, 0.2) is 0 Å². The van der Waals surface area contributed by atoms with Gasteiger partial charge in [0, 0.05) is 0 Å². The molecule has 7 heteroatoms. The highest BCUT2D eigenvalue weighted by molar-refractivity contribution is 7.90. The average molecular weight is 255 g/mol. The molecule has 0 atom stereocenters. The van der Waals surface area contributed by atoms with E-state index in [1.54, 1.807) is 23.1 Å². The molecular formula is C9H9N3O2S2. The van der Waals surface area contributed by atoms with Crippen LogP contribution < -0.4 is 10.6 Å². The van der Waals surface area contributed by atoms with Crippen molar-refractivity contribution in [2.24, 2.45) is 10.1 Å². The van der Waals surface area contributed by atoms with E-state index in [0.29, 0.717) is 5.69 Å². The zero-order valence-electron chi connectivity index (χ0n) is 8.20. The van der Waals surface area contributed by atoms with Crippen LogP contribution in [0.4, 0.5) is 5.69 Å². The van der Waals surface area contributed by atoms with Crippen LogP contribution in [0.1, 0.15) is 0 Å². The molecule has 0 aliphatic carbocycles. The van der Waals surface area contributed by atoms with Gasteiger partial charge in [0.25, 0.3) is 10.0 Å². The van der Waals surface area contributed by atoms with Gasteiger partial charge in [-0.25, -0.2) is 0 Å². The number of benzene rings is 1. The van der Waals surface area contributed by atoms with Crippen molar-refractivity contribution >= 4 is 39.3 Å². The van der Waals surface area contributed by atoms with Crippen molar-refractivity contribution in [3.05, 3.63) is 24.3 Å². The fourth-order valence-electron chi connectivity index (χ4n) is 1.44. The largest absolute Gasteiger partial charge is 0.392 e. The zero-order valence-corrected chi connectivity index (χ0v) is 9.83. The molecule has 1 aromatic rings. The van der Waals surface area contributed by atoms with Crippen LogP contribution in [0.5, 0.6) is 0 Å². The first-order valence-corrected chi connectivity index (χ1v) is 6.30. The van der Waals surface area contributed by atoms with E-state index in [0.717, 1.165) is 0 Å². The summed E-state index contributed by atoms with van der Waals surface area (Å²) in [7, 11) is -3.57. The smallest absolute Gasteiger partial charge is 0.285 e. The third-order valence-electron chi connectivity index (χ3n) is 2.10. The highest BCUT2D eigenvalue weighted by atomic mass is 32.2. The Balaban J connectivity index is 2.53.